The predicted octanol–water partition coefficient (Wildman–Crippen LogP) is 15.4. The first-order valence-electron chi connectivity index (χ1n) is 20.4. The van der Waals surface area contributed by atoms with Crippen LogP contribution in [0.25, 0.3) is 54.6 Å². The molecule has 10 rings (SSSR count). The fraction of sp³-hybridized carbons (Fsp3) is 0.107. The van der Waals surface area contributed by atoms with E-state index in [0.29, 0.717) is 0 Å². The molecule has 2 heteroatoms. The highest BCUT2D eigenvalue weighted by Gasteiger charge is 2.28. The fourth-order valence-corrected chi connectivity index (χ4v) is 9.07. The standard InChI is InChI=1S/C56H46N2/c1-36-15-22-40(23-16-36)49-34-51(52-33-39(4)21-32-53(52)57-42-11-7-5-8-12-42)47-29-28-46-50(41-24-17-37(2)18-25-41)35-54(48-31-30-45(49)55(47)56(46)48)58(43-13-9-6-10-14-43)44-26-19-38(3)20-27-44/h5-35,52-53,57H,1-4H3. The Hall–Kier alpha value is -6.90. The maximum Gasteiger partial charge on any atom is 0.0551 e. The van der Waals surface area contributed by atoms with Crippen molar-refractivity contribution in [3.63, 3.8) is 0 Å². The van der Waals surface area contributed by atoms with Gasteiger partial charge >= 0.3 is 0 Å². The van der Waals surface area contributed by atoms with Gasteiger partial charge in [0.15, 0.2) is 0 Å². The van der Waals surface area contributed by atoms with Crippen LogP contribution in [0.3, 0.4) is 0 Å². The van der Waals surface area contributed by atoms with Crippen LogP contribution < -0.4 is 10.2 Å². The largest absolute Gasteiger partial charge is 0.378 e. The number of benzene rings is 9. The summed E-state index contributed by atoms with van der Waals surface area (Å²) in [5.74, 6) is 0.100. The van der Waals surface area contributed by atoms with Gasteiger partial charge < -0.3 is 10.2 Å². The quantitative estimate of drug-likeness (QED) is 0.156. The summed E-state index contributed by atoms with van der Waals surface area (Å²) in [7, 11) is 0. The molecule has 58 heavy (non-hydrogen) atoms. The van der Waals surface area contributed by atoms with Crippen molar-refractivity contribution >= 4 is 55.1 Å². The summed E-state index contributed by atoms with van der Waals surface area (Å²) in [6, 6.07) is 63.1. The van der Waals surface area contributed by atoms with E-state index < -0.39 is 0 Å². The Labute approximate surface area is 341 Å². The minimum atomic E-state index is 0.0734. The smallest absolute Gasteiger partial charge is 0.0551 e. The molecule has 0 amide bonds. The van der Waals surface area contributed by atoms with Crippen LogP contribution in [0.15, 0.2) is 194 Å². The average molecular weight is 747 g/mol. The van der Waals surface area contributed by atoms with Crippen molar-refractivity contribution in [3.05, 3.63) is 216 Å². The molecule has 0 radical (unpaired) electrons. The van der Waals surface area contributed by atoms with Gasteiger partial charge in [-0.05, 0) is 126 Å². The van der Waals surface area contributed by atoms with E-state index in [1.54, 1.807) is 0 Å². The summed E-state index contributed by atoms with van der Waals surface area (Å²) >= 11 is 0. The Morgan fingerprint density at radius 3 is 1.59 bits per heavy atom. The van der Waals surface area contributed by atoms with Gasteiger partial charge in [0.25, 0.3) is 0 Å². The maximum absolute atomic E-state index is 3.91. The van der Waals surface area contributed by atoms with E-state index >= 15 is 0 Å². The third-order valence-electron chi connectivity index (χ3n) is 12.0. The van der Waals surface area contributed by atoms with Gasteiger partial charge in [-0.1, -0.05) is 162 Å². The molecule has 9 aromatic carbocycles. The van der Waals surface area contributed by atoms with Gasteiger partial charge in [0.1, 0.15) is 0 Å². The Balaban J connectivity index is 1.33. The highest BCUT2D eigenvalue weighted by atomic mass is 15.1. The van der Waals surface area contributed by atoms with E-state index in [0.717, 1.165) is 22.7 Å². The molecule has 1 N–H and O–H groups in total. The van der Waals surface area contributed by atoms with Crippen LogP contribution in [-0.2, 0) is 0 Å². The average Bonchev–Trinajstić information content (AvgIpc) is 3.26. The molecule has 2 atom stereocenters. The molecule has 0 bridgehead atoms. The van der Waals surface area contributed by atoms with E-state index in [1.807, 2.05) is 0 Å². The van der Waals surface area contributed by atoms with Crippen molar-refractivity contribution in [1.29, 1.82) is 0 Å². The normalized spacial score (nSPS) is 15.3. The monoisotopic (exact) mass is 746 g/mol. The second kappa shape index (κ2) is 14.6. The number of aryl methyl sites for hydroxylation is 3. The third-order valence-corrected chi connectivity index (χ3v) is 12.0. The van der Waals surface area contributed by atoms with E-state index in [9.17, 15) is 0 Å². The lowest BCUT2D eigenvalue weighted by Gasteiger charge is -2.31. The van der Waals surface area contributed by atoms with Crippen LogP contribution in [0.2, 0.25) is 0 Å². The van der Waals surface area contributed by atoms with E-state index in [2.05, 4.69) is 226 Å². The Bertz CT molecular complexity index is 2980. The van der Waals surface area contributed by atoms with Crippen LogP contribution in [0, 0.1) is 20.8 Å². The molecule has 0 spiro atoms. The van der Waals surface area contributed by atoms with Crippen LogP contribution in [0.1, 0.15) is 35.1 Å². The lowest BCUT2D eigenvalue weighted by Crippen LogP contribution is -2.26. The van der Waals surface area contributed by atoms with Crippen molar-refractivity contribution in [3.8, 4) is 22.3 Å². The van der Waals surface area contributed by atoms with Crippen LogP contribution in [0.5, 0.6) is 0 Å². The number of rotatable bonds is 8. The zero-order valence-corrected chi connectivity index (χ0v) is 33.5. The minimum absolute atomic E-state index is 0.0734. The van der Waals surface area contributed by atoms with Crippen molar-refractivity contribution in [2.45, 2.75) is 39.7 Å². The molecule has 0 aromatic heterocycles. The summed E-state index contributed by atoms with van der Waals surface area (Å²) in [5.41, 5.74) is 15.8. The summed E-state index contributed by atoms with van der Waals surface area (Å²) in [5, 5.41) is 11.6. The zero-order valence-electron chi connectivity index (χ0n) is 33.5. The molecule has 0 saturated heterocycles. The maximum atomic E-state index is 3.91. The highest BCUT2D eigenvalue weighted by molar-refractivity contribution is 6.30. The number of nitrogens with zero attached hydrogens (tertiary/aromatic N) is 1. The second-order valence-electron chi connectivity index (χ2n) is 16.1. The molecule has 0 aliphatic heterocycles. The molecule has 0 fully saturated rings. The van der Waals surface area contributed by atoms with Crippen LogP contribution >= 0.6 is 0 Å². The summed E-state index contributed by atoms with van der Waals surface area (Å²) in [4.78, 5) is 2.45. The molecular weight excluding hydrogens is 701 g/mol. The number of allylic oxidation sites excluding steroid dienone is 2. The number of hydrogen-bond acceptors (Lipinski definition) is 2. The molecule has 2 nitrogen and oxygen atoms in total. The van der Waals surface area contributed by atoms with Gasteiger partial charge in [-0.3, -0.25) is 0 Å². The van der Waals surface area contributed by atoms with Gasteiger partial charge in [0, 0.05) is 33.8 Å². The van der Waals surface area contributed by atoms with E-state index in [4.69, 9.17) is 0 Å². The molecule has 280 valence electrons. The molecular formula is C56H46N2. The summed E-state index contributed by atoms with van der Waals surface area (Å²) < 4.78 is 0. The molecule has 9 aromatic rings. The van der Waals surface area contributed by atoms with Gasteiger partial charge in [-0.15, -0.1) is 0 Å². The van der Waals surface area contributed by atoms with Crippen molar-refractivity contribution in [2.24, 2.45) is 0 Å². The van der Waals surface area contributed by atoms with Crippen LogP contribution in [0.4, 0.5) is 22.7 Å². The summed E-state index contributed by atoms with van der Waals surface area (Å²) in [6.45, 7) is 8.72. The Kier molecular flexibility index (Phi) is 8.91. The highest BCUT2D eigenvalue weighted by Crippen LogP contribution is 2.50. The number of anilines is 4. The van der Waals surface area contributed by atoms with Gasteiger partial charge in [0.05, 0.1) is 11.7 Å². The van der Waals surface area contributed by atoms with Crippen LogP contribution in [-0.4, -0.2) is 6.04 Å². The first kappa shape index (κ1) is 35.5. The number of hydrogen-bond donors (Lipinski definition) is 1. The number of para-hydroxylation sites is 2. The van der Waals surface area contributed by atoms with Crippen molar-refractivity contribution in [2.75, 3.05) is 10.2 Å². The third kappa shape index (κ3) is 6.32. The molecule has 1 aliphatic rings. The first-order valence-corrected chi connectivity index (χ1v) is 20.4. The minimum Gasteiger partial charge on any atom is -0.378 e. The van der Waals surface area contributed by atoms with Crippen molar-refractivity contribution < 1.29 is 0 Å². The zero-order chi connectivity index (χ0) is 39.3. The van der Waals surface area contributed by atoms with E-state index in [-0.39, 0.29) is 12.0 Å². The van der Waals surface area contributed by atoms with Gasteiger partial charge in [-0.25, -0.2) is 0 Å². The topological polar surface area (TPSA) is 15.3 Å². The second-order valence-corrected chi connectivity index (χ2v) is 16.1. The predicted molar refractivity (Wildman–Crippen MR) is 249 cm³/mol. The number of nitrogens with one attached hydrogen (secondary N) is 1. The fourth-order valence-electron chi connectivity index (χ4n) is 9.07. The van der Waals surface area contributed by atoms with Crippen molar-refractivity contribution in [1.82, 2.24) is 0 Å². The lowest BCUT2D eigenvalue weighted by atomic mass is 9.78. The molecule has 2 unspecified atom stereocenters. The van der Waals surface area contributed by atoms with E-state index in [1.165, 1.54) is 82.4 Å². The Morgan fingerprint density at radius 2 is 0.966 bits per heavy atom. The molecule has 0 heterocycles. The SMILES string of the molecule is CC1=CC(c2cc(-c3ccc(C)cc3)c3ccc4c(N(c5ccccc5)c5ccc(C)cc5)cc(-c5ccc(C)cc5)c5ccc2c3c54)C(Nc2ccccc2)C=C1. The van der Waals surface area contributed by atoms with Gasteiger partial charge in [-0.2, -0.15) is 0 Å². The lowest BCUT2D eigenvalue weighted by molar-refractivity contribution is 0.755. The molecule has 0 saturated carbocycles. The molecule has 1 aliphatic carbocycles. The first-order chi connectivity index (χ1) is 28.4. The summed E-state index contributed by atoms with van der Waals surface area (Å²) in [6.07, 6.45) is 7.07. The Morgan fingerprint density at radius 1 is 0.466 bits per heavy atom. The van der Waals surface area contributed by atoms with Gasteiger partial charge in [0.2, 0.25) is 0 Å².